The van der Waals surface area contributed by atoms with Gasteiger partial charge in [0.05, 0.1) is 22.3 Å². The molecular weight excluding hydrogens is 697 g/mol. The van der Waals surface area contributed by atoms with E-state index in [9.17, 15) is 26.2 Å². The number of benzene rings is 2. The van der Waals surface area contributed by atoms with Crippen LogP contribution in [0.4, 0.5) is 11.4 Å². The van der Waals surface area contributed by atoms with Gasteiger partial charge in [0, 0.05) is 68.3 Å². The van der Waals surface area contributed by atoms with Crippen molar-refractivity contribution in [2.75, 3.05) is 52.5 Å². The summed E-state index contributed by atoms with van der Waals surface area (Å²) in [4.78, 5) is 13.1. The Bertz CT molecular complexity index is 1960. The van der Waals surface area contributed by atoms with E-state index in [-0.39, 0.29) is 16.2 Å². The third-order valence-corrected chi connectivity index (χ3v) is 11.8. The number of hydrogen-bond donors (Lipinski definition) is 2. The SMILES string of the molecule is COCC[N+]1=C(C=CC=CC=C2N(CCCCCC(=O)O)c3ccc(S(=O)(=O)O)cc3C2(C)CCOC)C(C)(C)c2cc(S(=O)(=O)OC)ccc21. The summed E-state index contributed by atoms with van der Waals surface area (Å²) in [5.74, 6) is -0.834. The molecule has 12 nitrogen and oxygen atoms in total. The van der Waals surface area contributed by atoms with E-state index < -0.39 is 37.0 Å². The van der Waals surface area contributed by atoms with Crippen molar-refractivity contribution in [1.82, 2.24) is 0 Å². The quantitative estimate of drug-likeness (QED) is 0.0629. The molecule has 0 radical (unpaired) electrons. The Morgan fingerprint density at radius 2 is 1.57 bits per heavy atom. The Kier molecular flexibility index (Phi) is 12.9. The molecule has 0 saturated carbocycles. The molecule has 2 aromatic rings. The van der Waals surface area contributed by atoms with Crippen LogP contribution >= 0.6 is 0 Å². The number of nitrogens with zero attached hydrogens (tertiary/aromatic N) is 2. The van der Waals surface area contributed by atoms with Crippen LogP contribution in [0.25, 0.3) is 0 Å². The molecule has 278 valence electrons. The van der Waals surface area contributed by atoms with Crippen molar-refractivity contribution >= 4 is 43.3 Å². The van der Waals surface area contributed by atoms with Gasteiger partial charge in [-0.05, 0) is 82.0 Å². The minimum Gasteiger partial charge on any atom is -0.481 e. The van der Waals surface area contributed by atoms with E-state index in [2.05, 4.69) is 9.48 Å². The standard InChI is InChI=1S/C37H48N2O10S2/c1-36(2)29-26-28(51(45,46)49-6)17-19-31(29)39(22-24-48-5)33(36)13-9-7-10-14-34-37(3,20-23-47-4)30-25-27(50(42,43)44)16-18-32(30)38(34)21-12-8-11-15-35(40)41/h7,9-10,13-14,16-19,25-26H,8,11-12,15,20-24H2,1-6H3,(H-,40,41,42,43,44)/p+1. The molecule has 51 heavy (non-hydrogen) atoms. The fraction of sp³-hybridized carbons (Fsp3) is 0.459. The van der Waals surface area contributed by atoms with E-state index in [0.717, 1.165) is 41.0 Å². The number of methoxy groups -OCH3 is 2. The lowest BCUT2D eigenvalue weighted by Gasteiger charge is -2.30. The molecule has 0 spiro atoms. The number of carboxylic acid groups (broad SMARTS) is 1. The van der Waals surface area contributed by atoms with Crippen molar-refractivity contribution in [3.8, 4) is 0 Å². The van der Waals surface area contributed by atoms with Crippen LogP contribution in [0.3, 0.4) is 0 Å². The lowest BCUT2D eigenvalue weighted by atomic mass is 9.78. The summed E-state index contributed by atoms with van der Waals surface area (Å²) in [7, 11) is -3.95. The minimum absolute atomic E-state index is 0.0875. The average Bonchev–Trinajstić information content (AvgIpc) is 3.44. The van der Waals surface area contributed by atoms with Crippen molar-refractivity contribution in [3.63, 3.8) is 0 Å². The molecule has 2 aromatic carbocycles. The molecule has 2 aliphatic rings. The summed E-state index contributed by atoms with van der Waals surface area (Å²) in [6, 6.07) is 9.63. The second-order valence-corrected chi connectivity index (χ2v) is 16.5. The van der Waals surface area contributed by atoms with Crippen LogP contribution in [0.2, 0.25) is 0 Å². The fourth-order valence-electron chi connectivity index (χ4n) is 6.91. The number of unbranched alkanes of at least 4 members (excludes halogenated alkanes) is 2. The zero-order chi connectivity index (χ0) is 37.6. The van der Waals surface area contributed by atoms with Gasteiger partial charge >= 0.3 is 5.97 Å². The van der Waals surface area contributed by atoms with Crippen LogP contribution in [0.1, 0.15) is 64.0 Å². The van der Waals surface area contributed by atoms with Gasteiger partial charge in [0.2, 0.25) is 5.69 Å². The summed E-state index contributed by atoms with van der Waals surface area (Å²) in [6.45, 7) is 8.10. The number of carboxylic acids is 1. The third kappa shape index (κ3) is 8.70. The van der Waals surface area contributed by atoms with E-state index in [0.29, 0.717) is 52.0 Å². The predicted molar refractivity (Wildman–Crippen MR) is 195 cm³/mol. The number of anilines is 1. The number of fused-ring (bicyclic) bond motifs is 2. The smallest absolute Gasteiger partial charge is 0.303 e. The van der Waals surface area contributed by atoms with Gasteiger partial charge in [-0.1, -0.05) is 24.6 Å². The van der Waals surface area contributed by atoms with E-state index in [4.69, 9.17) is 18.8 Å². The van der Waals surface area contributed by atoms with Gasteiger partial charge in [0.1, 0.15) is 6.61 Å². The molecule has 2 N–H and O–H groups in total. The molecule has 0 saturated heterocycles. The highest BCUT2D eigenvalue weighted by Gasteiger charge is 2.45. The van der Waals surface area contributed by atoms with Gasteiger partial charge in [0.15, 0.2) is 12.3 Å². The van der Waals surface area contributed by atoms with Crippen molar-refractivity contribution in [3.05, 3.63) is 83.6 Å². The van der Waals surface area contributed by atoms with Crippen molar-refractivity contribution in [1.29, 1.82) is 0 Å². The Hall–Kier alpha value is -3.66. The summed E-state index contributed by atoms with van der Waals surface area (Å²) in [6.07, 6.45) is 12.3. The van der Waals surface area contributed by atoms with Gasteiger partial charge in [-0.2, -0.15) is 21.4 Å². The highest BCUT2D eigenvalue weighted by Crippen LogP contribution is 2.51. The van der Waals surface area contributed by atoms with Crippen molar-refractivity contribution in [2.45, 2.75) is 73.5 Å². The van der Waals surface area contributed by atoms with Gasteiger partial charge in [-0.25, -0.2) is 0 Å². The number of hydrogen-bond acceptors (Lipinski definition) is 9. The van der Waals surface area contributed by atoms with Crippen molar-refractivity contribution in [2.24, 2.45) is 0 Å². The van der Waals surface area contributed by atoms with Crippen LogP contribution in [0.15, 0.2) is 82.3 Å². The summed E-state index contributed by atoms with van der Waals surface area (Å²) >= 11 is 0. The molecule has 14 heteroatoms. The number of carbonyl (C=O) groups is 1. The Balaban J connectivity index is 1.72. The van der Waals surface area contributed by atoms with Crippen LogP contribution < -0.4 is 4.90 Å². The zero-order valence-electron chi connectivity index (χ0n) is 30.1. The van der Waals surface area contributed by atoms with Gasteiger partial charge in [0.25, 0.3) is 20.2 Å². The highest BCUT2D eigenvalue weighted by molar-refractivity contribution is 7.86. The average molecular weight is 746 g/mol. The Morgan fingerprint density at radius 3 is 2.22 bits per heavy atom. The first-order valence-electron chi connectivity index (χ1n) is 16.8. The number of aliphatic carboxylic acids is 1. The van der Waals surface area contributed by atoms with E-state index in [1.54, 1.807) is 38.5 Å². The number of rotatable bonds is 18. The molecule has 0 aromatic heterocycles. The normalized spacial score (nSPS) is 19.5. The molecule has 0 aliphatic carbocycles. The van der Waals surface area contributed by atoms with Crippen LogP contribution in [0, 0.1) is 0 Å². The van der Waals surface area contributed by atoms with Crippen LogP contribution in [0.5, 0.6) is 0 Å². The second kappa shape index (κ2) is 16.3. The summed E-state index contributed by atoms with van der Waals surface area (Å²) in [5, 5.41) is 9.08. The Morgan fingerprint density at radius 1 is 0.882 bits per heavy atom. The molecule has 4 rings (SSSR count). The van der Waals surface area contributed by atoms with E-state index >= 15 is 0 Å². The predicted octanol–water partition coefficient (Wildman–Crippen LogP) is 5.75. The molecule has 0 fully saturated rings. The molecule has 2 aliphatic heterocycles. The first-order chi connectivity index (χ1) is 24.0. The maximum atomic E-state index is 12.5. The van der Waals surface area contributed by atoms with Crippen LogP contribution in [-0.4, -0.2) is 90.4 Å². The lowest BCUT2D eigenvalue weighted by molar-refractivity contribution is -0.441. The van der Waals surface area contributed by atoms with Crippen molar-refractivity contribution < 1.29 is 49.5 Å². The fourth-order valence-corrected chi connectivity index (χ4v) is 8.11. The zero-order valence-corrected chi connectivity index (χ0v) is 31.7. The minimum atomic E-state index is -4.44. The van der Waals surface area contributed by atoms with Gasteiger partial charge < -0.3 is 19.5 Å². The van der Waals surface area contributed by atoms with Crippen LogP contribution in [-0.2, 0) is 49.5 Å². The second-order valence-electron chi connectivity index (χ2n) is 13.3. The number of ether oxygens (including phenoxy) is 2. The number of allylic oxidation sites excluding steroid dienone is 6. The lowest BCUT2D eigenvalue weighted by Crippen LogP contribution is -2.30. The topological polar surface area (TPSA) is 160 Å². The largest absolute Gasteiger partial charge is 0.481 e. The maximum Gasteiger partial charge on any atom is 0.303 e. The van der Waals surface area contributed by atoms with E-state index in [1.807, 2.05) is 51.2 Å². The molecule has 1 atom stereocenters. The van der Waals surface area contributed by atoms with Gasteiger partial charge in [-0.3, -0.25) is 13.5 Å². The third-order valence-electron chi connectivity index (χ3n) is 9.71. The first kappa shape index (κ1) is 40.1. The van der Waals surface area contributed by atoms with E-state index in [1.165, 1.54) is 12.1 Å². The first-order valence-corrected chi connectivity index (χ1v) is 19.6. The Labute approximate surface area is 301 Å². The summed E-state index contributed by atoms with van der Waals surface area (Å²) < 4.78 is 76.9. The highest BCUT2D eigenvalue weighted by atomic mass is 32.2. The summed E-state index contributed by atoms with van der Waals surface area (Å²) in [5.41, 5.74) is 3.97. The molecule has 0 bridgehead atoms. The molecule has 2 heterocycles. The maximum absolute atomic E-state index is 12.5. The monoisotopic (exact) mass is 745 g/mol. The molecule has 0 amide bonds. The molecular formula is C37H49N2O10S2+. The molecule has 1 unspecified atom stereocenters. The van der Waals surface area contributed by atoms with Gasteiger partial charge in [-0.15, -0.1) is 0 Å².